The molecule has 0 aliphatic carbocycles. The van der Waals surface area contributed by atoms with Gasteiger partial charge in [0.05, 0.1) is 5.69 Å². The van der Waals surface area contributed by atoms with Crippen molar-refractivity contribution in [3.8, 4) is 0 Å². The number of hydrogen-bond acceptors (Lipinski definition) is 2. The highest BCUT2D eigenvalue weighted by atomic mass is 16.2. The number of imide groups is 1. The van der Waals surface area contributed by atoms with E-state index in [1.807, 2.05) is 12.1 Å². The molecule has 1 heterocycles. The van der Waals surface area contributed by atoms with Gasteiger partial charge in [-0.1, -0.05) is 48.5 Å². The fourth-order valence-corrected chi connectivity index (χ4v) is 1.98. The van der Waals surface area contributed by atoms with Gasteiger partial charge in [-0.15, -0.1) is 0 Å². The Morgan fingerprint density at radius 1 is 0.789 bits per heavy atom. The first-order chi connectivity index (χ1) is 9.27. The molecule has 3 amide bonds. The van der Waals surface area contributed by atoms with E-state index in [4.69, 9.17) is 0 Å². The van der Waals surface area contributed by atoms with Gasteiger partial charge in [0.1, 0.15) is 5.71 Å². The highest BCUT2D eigenvalue weighted by Gasteiger charge is 2.34. The third-order valence-electron chi connectivity index (χ3n) is 2.87. The minimum Gasteiger partial charge on any atom is -0.266 e. The first kappa shape index (κ1) is 11.3. The Morgan fingerprint density at radius 3 is 2.00 bits per heavy atom. The van der Waals surface area contributed by atoms with Gasteiger partial charge >= 0.3 is 6.03 Å². The maximum absolute atomic E-state index is 12.3. The monoisotopic (exact) mass is 250 g/mol. The number of urea groups is 1. The fraction of sp³-hybridized carbons (Fsp3) is 0. The molecule has 1 aliphatic rings. The minimum atomic E-state index is -0.546. The summed E-state index contributed by atoms with van der Waals surface area (Å²) >= 11 is 0. The summed E-state index contributed by atoms with van der Waals surface area (Å²) in [5.74, 6) is -0.387. The number of amides is 3. The summed E-state index contributed by atoms with van der Waals surface area (Å²) in [6.07, 6.45) is 0. The van der Waals surface area contributed by atoms with Crippen LogP contribution in [0, 0.1) is 0 Å². The minimum absolute atomic E-state index is 0.189. The van der Waals surface area contributed by atoms with Crippen molar-refractivity contribution in [1.82, 2.24) is 0 Å². The molecule has 4 nitrogen and oxygen atoms in total. The average molecular weight is 250 g/mol. The quantitative estimate of drug-likeness (QED) is 0.822. The SMILES string of the molecule is O=C1N=C(c2ccccc2)C(=O)N1c1ccccc1. The van der Waals surface area contributed by atoms with Crippen LogP contribution >= 0.6 is 0 Å². The Labute approximate surface area is 110 Å². The summed E-state index contributed by atoms with van der Waals surface area (Å²) in [4.78, 5) is 29.1. The summed E-state index contributed by atoms with van der Waals surface area (Å²) < 4.78 is 0. The number of rotatable bonds is 2. The van der Waals surface area contributed by atoms with E-state index in [1.54, 1.807) is 48.5 Å². The summed E-state index contributed by atoms with van der Waals surface area (Å²) in [6, 6.07) is 17.2. The zero-order valence-electron chi connectivity index (χ0n) is 9.98. The Balaban J connectivity index is 1.99. The van der Waals surface area contributed by atoms with Gasteiger partial charge in [0, 0.05) is 5.56 Å². The van der Waals surface area contributed by atoms with Gasteiger partial charge < -0.3 is 0 Å². The molecule has 0 aromatic heterocycles. The van der Waals surface area contributed by atoms with Gasteiger partial charge in [-0.2, -0.15) is 4.99 Å². The highest BCUT2D eigenvalue weighted by Crippen LogP contribution is 2.21. The molecule has 92 valence electrons. The molecule has 0 spiro atoms. The van der Waals surface area contributed by atoms with Crippen LogP contribution in [0.4, 0.5) is 10.5 Å². The molecule has 0 saturated carbocycles. The number of carbonyl (C=O) groups excluding carboxylic acids is 2. The molecule has 0 unspecified atom stereocenters. The van der Waals surface area contributed by atoms with E-state index >= 15 is 0 Å². The van der Waals surface area contributed by atoms with Crippen LogP contribution in [-0.4, -0.2) is 17.6 Å². The van der Waals surface area contributed by atoms with Crippen molar-refractivity contribution < 1.29 is 9.59 Å². The molecule has 2 aromatic rings. The number of benzene rings is 2. The van der Waals surface area contributed by atoms with Gasteiger partial charge in [-0.25, -0.2) is 9.69 Å². The van der Waals surface area contributed by atoms with E-state index in [-0.39, 0.29) is 11.6 Å². The second kappa shape index (κ2) is 4.49. The molecule has 0 radical (unpaired) electrons. The normalized spacial score (nSPS) is 14.7. The second-order valence-electron chi connectivity index (χ2n) is 4.09. The molecule has 0 N–H and O–H groups in total. The lowest BCUT2D eigenvalue weighted by Gasteiger charge is -2.12. The number of nitrogens with zero attached hydrogens (tertiary/aromatic N) is 2. The average Bonchev–Trinajstić information content (AvgIpc) is 2.76. The van der Waals surface area contributed by atoms with Crippen molar-refractivity contribution in [2.24, 2.45) is 4.99 Å². The first-order valence-corrected chi connectivity index (χ1v) is 5.85. The number of aliphatic imine (C=N–C) groups is 1. The summed E-state index contributed by atoms with van der Waals surface area (Å²) in [7, 11) is 0. The lowest BCUT2D eigenvalue weighted by molar-refractivity contribution is -0.111. The van der Waals surface area contributed by atoms with Crippen molar-refractivity contribution in [3.63, 3.8) is 0 Å². The van der Waals surface area contributed by atoms with Crippen LogP contribution in [-0.2, 0) is 4.79 Å². The van der Waals surface area contributed by atoms with Gasteiger partial charge in [-0.05, 0) is 12.1 Å². The Morgan fingerprint density at radius 2 is 1.37 bits per heavy atom. The highest BCUT2D eigenvalue weighted by molar-refractivity contribution is 6.58. The predicted octanol–water partition coefficient (Wildman–Crippen LogP) is 2.64. The zero-order chi connectivity index (χ0) is 13.2. The van der Waals surface area contributed by atoms with Crippen LogP contribution in [0.1, 0.15) is 5.56 Å². The third-order valence-corrected chi connectivity index (χ3v) is 2.87. The number of carbonyl (C=O) groups is 2. The molecule has 0 fully saturated rings. The molecular weight excluding hydrogens is 240 g/mol. The molecule has 3 rings (SSSR count). The molecule has 19 heavy (non-hydrogen) atoms. The topological polar surface area (TPSA) is 49.7 Å². The lowest BCUT2D eigenvalue weighted by Crippen LogP contribution is -2.32. The van der Waals surface area contributed by atoms with E-state index in [1.165, 1.54) is 0 Å². The van der Waals surface area contributed by atoms with Crippen LogP contribution in [0.15, 0.2) is 65.7 Å². The largest absolute Gasteiger partial charge is 0.355 e. The van der Waals surface area contributed by atoms with Crippen LogP contribution in [0.25, 0.3) is 0 Å². The summed E-state index contributed by atoms with van der Waals surface area (Å²) in [6.45, 7) is 0. The van der Waals surface area contributed by atoms with Crippen LogP contribution in [0.3, 0.4) is 0 Å². The van der Waals surface area contributed by atoms with Crippen molar-refractivity contribution in [3.05, 3.63) is 66.2 Å². The maximum Gasteiger partial charge on any atom is 0.355 e. The van der Waals surface area contributed by atoms with E-state index < -0.39 is 6.03 Å². The Bertz CT molecular complexity index is 663. The molecule has 2 aromatic carbocycles. The van der Waals surface area contributed by atoms with E-state index in [0.29, 0.717) is 11.3 Å². The van der Waals surface area contributed by atoms with E-state index in [9.17, 15) is 9.59 Å². The van der Waals surface area contributed by atoms with Crippen LogP contribution in [0.2, 0.25) is 0 Å². The molecule has 0 saturated heterocycles. The molecule has 1 aliphatic heterocycles. The summed E-state index contributed by atoms with van der Waals surface area (Å²) in [5.41, 5.74) is 1.38. The van der Waals surface area contributed by atoms with Crippen LogP contribution < -0.4 is 4.90 Å². The van der Waals surface area contributed by atoms with Gasteiger partial charge in [0.15, 0.2) is 0 Å². The fourth-order valence-electron chi connectivity index (χ4n) is 1.98. The van der Waals surface area contributed by atoms with E-state index in [2.05, 4.69) is 4.99 Å². The maximum atomic E-state index is 12.3. The molecular formula is C15H10N2O2. The number of hydrogen-bond donors (Lipinski definition) is 0. The third kappa shape index (κ3) is 1.93. The van der Waals surface area contributed by atoms with Crippen molar-refractivity contribution >= 4 is 23.3 Å². The van der Waals surface area contributed by atoms with Crippen LogP contribution in [0.5, 0.6) is 0 Å². The van der Waals surface area contributed by atoms with Gasteiger partial charge in [0.25, 0.3) is 5.91 Å². The summed E-state index contributed by atoms with van der Waals surface area (Å²) in [5, 5.41) is 0. The van der Waals surface area contributed by atoms with Gasteiger partial charge in [0.2, 0.25) is 0 Å². The molecule has 0 atom stereocenters. The molecule has 0 bridgehead atoms. The van der Waals surface area contributed by atoms with Crippen molar-refractivity contribution in [1.29, 1.82) is 0 Å². The van der Waals surface area contributed by atoms with Gasteiger partial charge in [-0.3, -0.25) is 4.79 Å². The van der Waals surface area contributed by atoms with E-state index in [0.717, 1.165) is 4.90 Å². The number of anilines is 1. The Hall–Kier alpha value is -2.75. The second-order valence-corrected chi connectivity index (χ2v) is 4.09. The lowest BCUT2D eigenvalue weighted by atomic mass is 10.1. The Kier molecular flexibility index (Phi) is 2.68. The zero-order valence-corrected chi connectivity index (χ0v) is 9.98. The standard InChI is InChI=1S/C15H10N2O2/c18-14-13(11-7-3-1-4-8-11)16-15(19)17(14)12-9-5-2-6-10-12/h1-10H. The predicted molar refractivity (Wildman–Crippen MR) is 72.3 cm³/mol. The smallest absolute Gasteiger partial charge is 0.266 e. The first-order valence-electron chi connectivity index (χ1n) is 5.85. The van der Waals surface area contributed by atoms with Crippen molar-refractivity contribution in [2.45, 2.75) is 0 Å². The number of para-hydroxylation sites is 1. The van der Waals surface area contributed by atoms with Crippen molar-refractivity contribution in [2.75, 3.05) is 4.90 Å². The molecule has 4 heteroatoms.